The molecule has 5 nitrogen and oxygen atoms in total. The molecule has 2 saturated heterocycles. The zero-order valence-corrected chi connectivity index (χ0v) is 16.1. The molecule has 2 fully saturated rings. The van der Waals surface area contributed by atoms with Gasteiger partial charge >= 0.3 is 0 Å². The summed E-state index contributed by atoms with van der Waals surface area (Å²) in [6, 6.07) is 5.28. The smallest absolute Gasteiger partial charge is 0.250 e. The zero-order chi connectivity index (χ0) is 17.6. The lowest BCUT2D eigenvalue weighted by Crippen LogP contribution is -2.38. The topological polar surface area (TPSA) is 66.8 Å². The maximum absolute atomic E-state index is 12.1. The molecule has 0 spiro atoms. The molecule has 130 valence electrons. The number of aliphatic imine (C=N–C) groups is 1. The molecule has 3 rings (SSSR count). The summed E-state index contributed by atoms with van der Waals surface area (Å²) in [4.78, 5) is 18.3. The zero-order valence-electron chi connectivity index (χ0n) is 13.7. The van der Waals surface area contributed by atoms with Crippen LogP contribution in [-0.4, -0.2) is 42.3 Å². The molecule has 2 aliphatic heterocycles. The third-order valence-electron chi connectivity index (χ3n) is 4.20. The minimum atomic E-state index is -3.07. The molecule has 0 bridgehead atoms. The standard InChI is InChI=1S/C16H19ClN2O3S2/c1-9(2)15(20)18-16-19(12-6-11(17)5-4-10(12)3)13-7-24(21,22)8-14(13)23-16/h4-6,9,13-14H,7-8H2,1-3H3/t13-,14+/m0/s1. The Hall–Kier alpha value is -1.05. The van der Waals surface area contributed by atoms with Crippen LogP contribution in [0, 0.1) is 12.8 Å². The molecule has 24 heavy (non-hydrogen) atoms. The quantitative estimate of drug-likeness (QED) is 0.781. The first-order valence-corrected chi connectivity index (χ1v) is 10.8. The highest BCUT2D eigenvalue weighted by molar-refractivity contribution is 8.16. The van der Waals surface area contributed by atoms with Crippen LogP contribution in [0.25, 0.3) is 0 Å². The summed E-state index contributed by atoms with van der Waals surface area (Å²) < 4.78 is 24.1. The lowest BCUT2D eigenvalue weighted by atomic mass is 10.1. The molecule has 8 heteroatoms. The van der Waals surface area contributed by atoms with Crippen LogP contribution >= 0.6 is 23.4 Å². The number of thioether (sulfide) groups is 1. The number of hydrogen-bond acceptors (Lipinski definition) is 4. The van der Waals surface area contributed by atoms with Crippen LogP contribution in [0.5, 0.6) is 0 Å². The van der Waals surface area contributed by atoms with Crippen LogP contribution in [0.3, 0.4) is 0 Å². The number of aryl methyl sites for hydroxylation is 1. The molecule has 0 aliphatic carbocycles. The second-order valence-corrected chi connectivity index (χ2v) is 10.3. The minimum absolute atomic E-state index is 0.0749. The SMILES string of the molecule is Cc1ccc(Cl)cc1N1C(=NC(=O)C(C)C)S[C@@H]2CS(=O)(=O)C[C@@H]21. The molecule has 0 unspecified atom stereocenters. The Bertz CT molecular complexity index is 821. The van der Waals surface area contributed by atoms with Gasteiger partial charge in [-0.1, -0.05) is 43.3 Å². The second-order valence-electron chi connectivity index (χ2n) is 6.49. The van der Waals surface area contributed by atoms with Gasteiger partial charge in [-0.3, -0.25) is 4.79 Å². The number of carbonyl (C=O) groups excluding carboxylic acids is 1. The number of sulfone groups is 1. The van der Waals surface area contributed by atoms with Gasteiger partial charge < -0.3 is 4.90 Å². The number of anilines is 1. The van der Waals surface area contributed by atoms with E-state index in [1.807, 2.05) is 17.9 Å². The number of hydrogen-bond donors (Lipinski definition) is 0. The molecule has 0 N–H and O–H groups in total. The maximum Gasteiger partial charge on any atom is 0.250 e. The summed E-state index contributed by atoms with van der Waals surface area (Å²) in [5.74, 6) is -0.214. The van der Waals surface area contributed by atoms with E-state index in [0.717, 1.165) is 11.3 Å². The fraction of sp³-hybridized carbons (Fsp3) is 0.500. The lowest BCUT2D eigenvalue weighted by Gasteiger charge is -2.26. The van der Waals surface area contributed by atoms with Gasteiger partial charge in [0.05, 0.1) is 17.5 Å². The normalized spacial score (nSPS) is 27.0. The number of fused-ring (bicyclic) bond motifs is 1. The molecule has 2 aliphatic rings. The van der Waals surface area contributed by atoms with Crippen molar-refractivity contribution >= 4 is 50.0 Å². The van der Waals surface area contributed by atoms with Crippen LogP contribution in [0.4, 0.5) is 5.69 Å². The van der Waals surface area contributed by atoms with E-state index in [-0.39, 0.29) is 34.6 Å². The van der Waals surface area contributed by atoms with Gasteiger partial charge in [-0.25, -0.2) is 8.42 Å². The average Bonchev–Trinajstić information content (AvgIpc) is 2.92. The van der Waals surface area contributed by atoms with Crippen molar-refractivity contribution in [3.05, 3.63) is 28.8 Å². The summed E-state index contributed by atoms with van der Waals surface area (Å²) in [6.45, 7) is 5.54. The number of amidine groups is 1. The van der Waals surface area contributed by atoms with E-state index in [0.29, 0.717) is 10.2 Å². The van der Waals surface area contributed by atoms with Crippen molar-refractivity contribution in [3.8, 4) is 0 Å². The molecule has 2 heterocycles. The minimum Gasteiger partial charge on any atom is -0.315 e. The first-order valence-electron chi connectivity index (χ1n) is 7.73. The highest BCUT2D eigenvalue weighted by atomic mass is 35.5. The van der Waals surface area contributed by atoms with Gasteiger partial charge in [-0.15, -0.1) is 0 Å². The first kappa shape index (κ1) is 17.8. The third-order valence-corrected chi connectivity index (χ3v) is 7.64. The summed E-state index contributed by atoms with van der Waals surface area (Å²) in [6.07, 6.45) is 0. The molecule has 0 radical (unpaired) electrons. The Kier molecular flexibility index (Phi) is 4.70. The van der Waals surface area contributed by atoms with Crippen molar-refractivity contribution in [2.24, 2.45) is 10.9 Å². The van der Waals surface area contributed by atoms with Gasteiger partial charge in [-0.2, -0.15) is 4.99 Å². The Morgan fingerprint density at radius 3 is 2.75 bits per heavy atom. The van der Waals surface area contributed by atoms with E-state index in [9.17, 15) is 13.2 Å². The van der Waals surface area contributed by atoms with Gasteiger partial charge in [0.2, 0.25) is 0 Å². The largest absolute Gasteiger partial charge is 0.315 e. The van der Waals surface area contributed by atoms with E-state index in [4.69, 9.17) is 11.6 Å². The van der Waals surface area contributed by atoms with Crippen molar-refractivity contribution < 1.29 is 13.2 Å². The van der Waals surface area contributed by atoms with E-state index in [2.05, 4.69) is 4.99 Å². The predicted molar refractivity (Wildman–Crippen MR) is 99.8 cm³/mol. The van der Waals surface area contributed by atoms with Crippen molar-refractivity contribution in [2.75, 3.05) is 16.4 Å². The molecule has 0 aromatic heterocycles. The van der Waals surface area contributed by atoms with Crippen LogP contribution in [0.15, 0.2) is 23.2 Å². The van der Waals surface area contributed by atoms with Gasteiger partial charge in [0.15, 0.2) is 15.0 Å². The molecule has 1 amide bonds. The summed E-state index contributed by atoms with van der Waals surface area (Å²) >= 11 is 7.52. The van der Waals surface area contributed by atoms with Gasteiger partial charge in [0, 0.05) is 21.9 Å². The molecule has 0 saturated carbocycles. The molecule has 1 aromatic rings. The van der Waals surface area contributed by atoms with E-state index in [1.165, 1.54) is 11.8 Å². The van der Waals surface area contributed by atoms with Crippen molar-refractivity contribution in [2.45, 2.75) is 32.1 Å². The van der Waals surface area contributed by atoms with Gasteiger partial charge in [0.25, 0.3) is 5.91 Å². The number of nitrogens with zero attached hydrogens (tertiary/aromatic N) is 2. The Morgan fingerprint density at radius 2 is 2.08 bits per heavy atom. The van der Waals surface area contributed by atoms with Gasteiger partial charge in [0.1, 0.15) is 0 Å². The number of carbonyl (C=O) groups is 1. The number of halogens is 1. The van der Waals surface area contributed by atoms with E-state index >= 15 is 0 Å². The van der Waals surface area contributed by atoms with Crippen LogP contribution < -0.4 is 4.90 Å². The van der Waals surface area contributed by atoms with Crippen molar-refractivity contribution in [3.63, 3.8) is 0 Å². The van der Waals surface area contributed by atoms with E-state index in [1.54, 1.807) is 26.0 Å². The second kappa shape index (κ2) is 6.35. The fourth-order valence-corrected chi connectivity index (χ4v) is 6.99. The monoisotopic (exact) mass is 386 g/mol. The molecule has 1 aromatic carbocycles. The number of rotatable bonds is 2. The van der Waals surface area contributed by atoms with Crippen LogP contribution in [0.1, 0.15) is 19.4 Å². The van der Waals surface area contributed by atoms with Crippen LogP contribution in [-0.2, 0) is 14.6 Å². The average molecular weight is 387 g/mol. The van der Waals surface area contributed by atoms with Gasteiger partial charge in [-0.05, 0) is 24.6 Å². The third kappa shape index (κ3) is 3.34. The molecule has 2 atom stereocenters. The van der Waals surface area contributed by atoms with E-state index < -0.39 is 9.84 Å². The molecular formula is C16H19ClN2O3S2. The maximum atomic E-state index is 12.1. The predicted octanol–water partition coefficient (Wildman–Crippen LogP) is 2.91. The number of benzene rings is 1. The molecular weight excluding hydrogens is 368 g/mol. The Labute approximate surface area is 151 Å². The number of amides is 1. The summed E-state index contributed by atoms with van der Waals surface area (Å²) in [7, 11) is -3.07. The summed E-state index contributed by atoms with van der Waals surface area (Å²) in [5.41, 5.74) is 1.78. The highest BCUT2D eigenvalue weighted by Crippen LogP contribution is 2.42. The van der Waals surface area contributed by atoms with Crippen molar-refractivity contribution in [1.82, 2.24) is 0 Å². The Morgan fingerprint density at radius 1 is 1.38 bits per heavy atom. The highest BCUT2D eigenvalue weighted by Gasteiger charge is 2.49. The van der Waals surface area contributed by atoms with Crippen molar-refractivity contribution in [1.29, 1.82) is 0 Å². The lowest BCUT2D eigenvalue weighted by molar-refractivity contribution is -0.120. The Balaban J connectivity index is 2.08. The fourth-order valence-electron chi connectivity index (χ4n) is 2.91. The first-order chi connectivity index (χ1) is 11.2. The summed E-state index contributed by atoms with van der Waals surface area (Å²) in [5, 5.41) is 1.04. The van der Waals surface area contributed by atoms with Crippen LogP contribution in [0.2, 0.25) is 5.02 Å².